The van der Waals surface area contributed by atoms with E-state index >= 15 is 0 Å². The Morgan fingerprint density at radius 2 is 2.00 bits per heavy atom. The molecule has 1 atom stereocenters. The summed E-state index contributed by atoms with van der Waals surface area (Å²) >= 11 is 11.7. The number of halogens is 2. The zero-order valence-corrected chi connectivity index (χ0v) is 11.3. The van der Waals surface area contributed by atoms with Gasteiger partial charge in [0, 0.05) is 17.9 Å². The van der Waals surface area contributed by atoms with Crippen molar-refractivity contribution in [3.63, 3.8) is 0 Å². The quantitative estimate of drug-likeness (QED) is 0.873. The predicted octanol–water partition coefficient (Wildman–Crippen LogP) is 3.43. The number of amides is 1. The summed E-state index contributed by atoms with van der Waals surface area (Å²) in [7, 11) is 0. The van der Waals surface area contributed by atoms with E-state index in [4.69, 9.17) is 28.3 Å². The van der Waals surface area contributed by atoms with E-state index in [0.29, 0.717) is 15.7 Å². The van der Waals surface area contributed by atoms with E-state index in [1.807, 2.05) is 0 Å². The Hall–Kier alpha value is -1.26. The summed E-state index contributed by atoms with van der Waals surface area (Å²) in [5, 5.41) is 12.1. The Morgan fingerprint density at radius 1 is 1.33 bits per heavy atom. The second-order valence-electron chi connectivity index (χ2n) is 4.08. The van der Waals surface area contributed by atoms with Crippen molar-refractivity contribution in [2.45, 2.75) is 19.8 Å². The standard InChI is InChI=1S/C12H13Cl2NO3/c1-7(5-12(17)18)4-11(16)15-10-6-8(13)2-3-9(10)14/h2-3,6-7H,4-5H2,1H3,(H,15,16)(H,17,18). The number of carbonyl (C=O) groups is 2. The van der Waals surface area contributed by atoms with E-state index < -0.39 is 5.97 Å². The molecule has 0 fully saturated rings. The van der Waals surface area contributed by atoms with Gasteiger partial charge in [0.05, 0.1) is 10.7 Å². The fourth-order valence-corrected chi connectivity index (χ4v) is 1.82. The van der Waals surface area contributed by atoms with Gasteiger partial charge in [-0.2, -0.15) is 0 Å². The largest absolute Gasteiger partial charge is 0.481 e. The van der Waals surface area contributed by atoms with Crippen LogP contribution in [0.3, 0.4) is 0 Å². The maximum absolute atomic E-state index is 11.7. The molecule has 0 bridgehead atoms. The molecule has 1 amide bonds. The molecular weight excluding hydrogens is 277 g/mol. The number of hydrogen-bond acceptors (Lipinski definition) is 2. The lowest BCUT2D eigenvalue weighted by Gasteiger charge is -2.10. The molecule has 4 nitrogen and oxygen atoms in total. The van der Waals surface area contributed by atoms with Crippen molar-refractivity contribution in [2.24, 2.45) is 5.92 Å². The van der Waals surface area contributed by atoms with Crippen LogP contribution in [0, 0.1) is 5.92 Å². The summed E-state index contributed by atoms with van der Waals surface area (Å²) < 4.78 is 0. The topological polar surface area (TPSA) is 66.4 Å². The number of aliphatic carboxylic acids is 1. The molecule has 0 saturated carbocycles. The maximum atomic E-state index is 11.7. The van der Waals surface area contributed by atoms with Crippen LogP contribution in [-0.2, 0) is 9.59 Å². The van der Waals surface area contributed by atoms with Crippen LogP contribution in [0.15, 0.2) is 18.2 Å². The zero-order chi connectivity index (χ0) is 13.7. The van der Waals surface area contributed by atoms with E-state index in [-0.39, 0.29) is 24.7 Å². The second-order valence-corrected chi connectivity index (χ2v) is 4.92. The third-order valence-corrected chi connectivity index (χ3v) is 2.82. The van der Waals surface area contributed by atoms with Crippen LogP contribution in [0.25, 0.3) is 0 Å². The summed E-state index contributed by atoms with van der Waals surface area (Å²) in [6.45, 7) is 1.70. The van der Waals surface area contributed by atoms with Gasteiger partial charge in [0.2, 0.25) is 5.91 Å². The van der Waals surface area contributed by atoms with Gasteiger partial charge in [-0.3, -0.25) is 9.59 Å². The Balaban J connectivity index is 2.59. The van der Waals surface area contributed by atoms with Crippen LogP contribution in [0.1, 0.15) is 19.8 Å². The summed E-state index contributed by atoms with van der Waals surface area (Å²) in [6.07, 6.45) is 0.0752. The highest BCUT2D eigenvalue weighted by molar-refractivity contribution is 6.35. The van der Waals surface area contributed by atoms with Gasteiger partial charge < -0.3 is 10.4 Å². The number of carbonyl (C=O) groups excluding carboxylic acids is 1. The van der Waals surface area contributed by atoms with Crippen LogP contribution >= 0.6 is 23.2 Å². The molecule has 98 valence electrons. The molecule has 0 aliphatic heterocycles. The highest BCUT2D eigenvalue weighted by Gasteiger charge is 2.13. The molecule has 18 heavy (non-hydrogen) atoms. The van der Waals surface area contributed by atoms with Crippen molar-refractivity contribution in [1.29, 1.82) is 0 Å². The van der Waals surface area contributed by atoms with Crippen molar-refractivity contribution >= 4 is 40.8 Å². The lowest BCUT2D eigenvalue weighted by molar-refractivity contribution is -0.138. The highest BCUT2D eigenvalue weighted by atomic mass is 35.5. The van der Waals surface area contributed by atoms with Gasteiger partial charge in [0.1, 0.15) is 0 Å². The average Bonchev–Trinajstić information content (AvgIpc) is 2.21. The number of nitrogens with one attached hydrogen (secondary N) is 1. The predicted molar refractivity (Wildman–Crippen MR) is 71.1 cm³/mol. The summed E-state index contributed by atoms with van der Waals surface area (Å²) in [5.74, 6) is -1.44. The van der Waals surface area contributed by atoms with Crippen LogP contribution < -0.4 is 5.32 Å². The minimum atomic E-state index is -0.920. The maximum Gasteiger partial charge on any atom is 0.303 e. The third kappa shape index (κ3) is 4.94. The first-order valence-corrected chi connectivity index (χ1v) is 6.10. The van der Waals surface area contributed by atoms with Crippen LogP contribution in [0.5, 0.6) is 0 Å². The minimum absolute atomic E-state index is 0.0449. The third-order valence-electron chi connectivity index (χ3n) is 2.26. The van der Waals surface area contributed by atoms with Gasteiger partial charge in [-0.1, -0.05) is 30.1 Å². The number of hydrogen-bond donors (Lipinski definition) is 2. The van der Waals surface area contributed by atoms with E-state index in [1.165, 1.54) is 0 Å². The lowest BCUT2D eigenvalue weighted by atomic mass is 10.0. The Labute approximate surface area is 115 Å². The van der Waals surface area contributed by atoms with Gasteiger partial charge in [-0.15, -0.1) is 0 Å². The second kappa shape index (κ2) is 6.61. The van der Waals surface area contributed by atoms with Gasteiger partial charge >= 0.3 is 5.97 Å². The van der Waals surface area contributed by atoms with Crippen molar-refractivity contribution in [2.75, 3.05) is 5.32 Å². The number of carboxylic acid groups (broad SMARTS) is 1. The number of rotatable bonds is 5. The molecule has 0 spiro atoms. The Morgan fingerprint density at radius 3 is 2.61 bits per heavy atom. The first kappa shape index (κ1) is 14.8. The minimum Gasteiger partial charge on any atom is -0.481 e. The van der Waals surface area contributed by atoms with E-state index in [1.54, 1.807) is 25.1 Å². The molecule has 2 N–H and O–H groups in total. The molecule has 0 radical (unpaired) electrons. The summed E-state index contributed by atoms with van der Waals surface area (Å²) in [6, 6.07) is 4.75. The Kier molecular flexibility index (Phi) is 5.44. The van der Waals surface area contributed by atoms with Crippen molar-refractivity contribution in [1.82, 2.24) is 0 Å². The molecule has 0 heterocycles. The summed E-state index contributed by atoms with van der Waals surface area (Å²) in [4.78, 5) is 22.1. The van der Waals surface area contributed by atoms with Crippen molar-refractivity contribution < 1.29 is 14.7 Å². The molecule has 1 unspecified atom stereocenters. The molecule has 0 aliphatic rings. The average molecular weight is 290 g/mol. The van der Waals surface area contributed by atoms with E-state index in [2.05, 4.69) is 5.32 Å². The van der Waals surface area contributed by atoms with Gasteiger partial charge in [-0.25, -0.2) is 0 Å². The van der Waals surface area contributed by atoms with E-state index in [9.17, 15) is 9.59 Å². The molecular formula is C12H13Cl2NO3. The van der Waals surface area contributed by atoms with Crippen LogP contribution in [0.2, 0.25) is 10.0 Å². The van der Waals surface area contributed by atoms with Gasteiger partial charge in [0.15, 0.2) is 0 Å². The first-order valence-electron chi connectivity index (χ1n) is 5.35. The molecule has 0 saturated heterocycles. The number of benzene rings is 1. The smallest absolute Gasteiger partial charge is 0.303 e. The number of carboxylic acids is 1. The molecule has 1 aromatic carbocycles. The normalized spacial score (nSPS) is 11.9. The van der Waals surface area contributed by atoms with Gasteiger partial charge in [0.25, 0.3) is 0 Å². The molecule has 6 heteroatoms. The van der Waals surface area contributed by atoms with Crippen molar-refractivity contribution in [3.8, 4) is 0 Å². The monoisotopic (exact) mass is 289 g/mol. The fraction of sp³-hybridized carbons (Fsp3) is 0.333. The van der Waals surface area contributed by atoms with Crippen molar-refractivity contribution in [3.05, 3.63) is 28.2 Å². The Bertz CT molecular complexity index is 463. The molecule has 0 aromatic heterocycles. The first-order chi connectivity index (χ1) is 8.38. The molecule has 0 aliphatic carbocycles. The summed E-state index contributed by atoms with van der Waals surface area (Å²) in [5.41, 5.74) is 0.427. The fourth-order valence-electron chi connectivity index (χ4n) is 1.48. The SMILES string of the molecule is CC(CC(=O)O)CC(=O)Nc1cc(Cl)ccc1Cl. The zero-order valence-electron chi connectivity index (χ0n) is 9.74. The van der Waals surface area contributed by atoms with E-state index in [0.717, 1.165) is 0 Å². The van der Waals surface area contributed by atoms with Gasteiger partial charge in [-0.05, 0) is 24.1 Å². The molecule has 1 aromatic rings. The molecule has 1 rings (SSSR count). The van der Waals surface area contributed by atoms with Crippen LogP contribution in [-0.4, -0.2) is 17.0 Å². The van der Waals surface area contributed by atoms with Crippen LogP contribution in [0.4, 0.5) is 5.69 Å². The number of anilines is 1. The highest BCUT2D eigenvalue weighted by Crippen LogP contribution is 2.25. The lowest BCUT2D eigenvalue weighted by Crippen LogP contribution is -2.17.